The first-order valence-corrected chi connectivity index (χ1v) is 8.18. The molecule has 1 aliphatic heterocycles. The van der Waals surface area contributed by atoms with Crippen molar-refractivity contribution >= 4 is 25.6 Å². The van der Waals surface area contributed by atoms with Gasteiger partial charge in [-0.3, -0.25) is 4.79 Å². The maximum absolute atomic E-state index is 12.2. The van der Waals surface area contributed by atoms with E-state index in [4.69, 9.17) is 10.7 Å². The zero-order valence-electron chi connectivity index (χ0n) is 10.5. The van der Waals surface area contributed by atoms with Gasteiger partial charge in [-0.05, 0) is 37.6 Å². The monoisotopic (exact) mass is 299 g/mol. The van der Waals surface area contributed by atoms with E-state index < -0.39 is 9.05 Å². The van der Waals surface area contributed by atoms with Gasteiger partial charge in [0.15, 0.2) is 0 Å². The number of benzene rings is 1. The molecule has 0 N–H and O–H groups in total. The Morgan fingerprint density at radius 3 is 2.42 bits per heavy atom. The van der Waals surface area contributed by atoms with E-state index in [2.05, 4.69) is 6.08 Å². The zero-order valence-corrected chi connectivity index (χ0v) is 12.0. The van der Waals surface area contributed by atoms with E-state index >= 15 is 0 Å². The lowest BCUT2D eigenvalue weighted by molar-refractivity contribution is 0.0766. The van der Waals surface area contributed by atoms with E-state index in [0.717, 1.165) is 6.42 Å². The summed E-state index contributed by atoms with van der Waals surface area (Å²) in [7, 11) is 1.49. The molecule has 0 saturated carbocycles. The number of nitrogens with zero attached hydrogens (tertiary/aromatic N) is 1. The van der Waals surface area contributed by atoms with Crippen LogP contribution in [-0.4, -0.2) is 32.3 Å². The predicted molar refractivity (Wildman–Crippen MR) is 73.8 cm³/mol. The molecule has 1 aromatic carbocycles. The predicted octanol–water partition coefficient (Wildman–Crippen LogP) is 2.41. The molecular weight excluding hydrogens is 286 g/mol. The van der Waals surface area contributed by atoms with Gasteiger partial charge in [-0.15, -0.1) is 0 Å². The molecule has 2 rings (SSSR count). The molecule has 102 valence electrons. The fraction of sp³-hybridized carbons (Fsp3) is 0.308. The largest absolute Gasteiger partial charge is 0.334 e. The Morgan fingerprint density at radius 2 is 1.89 bits per heavy atom. The molecule has 4 nitrogen and oxygen atoms in total. The molecule has 1 aromatic rings. The lowest BCUT2D eigenvalue weighted by atomic mass is 10.1. The van der Waals surface area contributed by atoms with Crippen molar-refractivity contribution in [3.63, 3.8) is 0 Å². The van der Waals surface area contributed by atoms with Crippen LogP contribution in [0.5, 0.6) is 0 Å². The minimum Gasteiger partial charge on any atom is -0.334 e. The van der Waals surface area contributed by atoms with Crippen molar-refractivity contribution in [1.82, 2.24) is 4.90 Å². The van der Waals surface area contributed by atoms with Crippen LogP contribution in [0.4, 0.5) is 0 Å². The second kappa shape index (κ2) is 5.35. The quantitative estimate of drug-likeness (QED) is 0.622. The van der Waals surface area contributed by atoms with Crippen LogP contribution < -0.4 is 0 Å². The van der Waals surface area contributed by atoms with Gasteiger partial charge in [-0.25, -0.2) is 8.42 Å². The van der Waals surface area contributed by atoms with Crippen molar-refractivity contribution in [3.05, 3.63) is 41.5 Å². The maximum Gasteiger partial charge on any atom is 0.261 e. The summed E-state index contributed by atoms with van der Waals surface area (Å²) in [5.41, 5.74) is 1.64. The highest BCUT2D eigenvalue weighted by Crippen LogP contribution is 2.17. The normalized spacial score (nSPS) is 16.1. The fourth-order valence-corrected chi connectivity index (χ4v) is 2.80. The van der Waals surface area contributed by atoms with E-state index in [1.165, 1.54) is 29.8 Å². The number of hydrogen-bond donors (Lipinski definition) is 0. The molecule has 6 heteroatoms. The molecule has 0 bridgehead atoms. The molecular formula is C13H14ClNO3S. The molecule has 0 saturated heterocycles. The zero-order chi connectivity index (χ0) is 14.0. The van der Waals surface area contributed by atoms with E-state index in [-0.39, 0.29) is 10.8 Å². The first-order valence-electron chi connectivity index (χ1n) is 5.87. The van der Waals surface area contributed by atoms with Gasteiger partial charge in [0, 0.05) is 29.3 Å². The topological polar surface area (TPSA) is 54.5 Å². The van der Waals surface area contributed by atoms with Crippen LogP contribution in [0.15, 0.2) is 40.8 Å². The minimum atomic E-state index is -3.74. The Bertz CT molecular complexity index is 620. The number of carbonyl (C=O) groups excluding carboxylic acids is 1. The van der Waals surface area contributed by atoms with Gasteiger partial charge >= 0.3 is 0 Å². The van der Waals surface area contributed by atoms with Crippen molar-refractivity contribution in [3.8, 4) is 0 Å². The molecule has 1 heterocycles. The molecule has 0 radical (unpaired) electrons. The first kappa shape index (κ1) is 14.1. The van der Waals surface area contributed by atoms with Crippen molar-refractivity contribution in [2.45, 2.75) is 18.2 Å². The van der Waals surface area contributed by atoms with Crippen LogP contribution in [0.2, 0.25) is 0 Å². The molecule has 0 unspecified atom stereocenters. The van der Waals surface area contributed by atoms with Crippen molar-refractivity contribution in [1.29, 1.82) is 0 Å². The summed E-state index contributed by atoms with van der Waals surface area (Å²) < 4.78 is 22.2. The highest BCUT2D eigenvalue weighted by molar-refractivity contribution is 8.13. The smallest absolute Gasteiger partial charge is 0.261 e. The summed E-state index contributed by atoms with van der Waals surface area (Å²) >= 11 is 0. The van der Waals surface area contributed by atoms with E-state index in [1.54, 1.807) is 4.90 Å². The van der Waals surface area contributed by atoms with E-state index in [0.29, 0.717) is 18.7 Å². The van der Waals surface area contributed by atoms with E-state index in [1.807, 2.05) is 6.92 Å². The Hall–Kier alpha value is -1.33. The van der Waals surface area contributed by atoms with Crippen LogP contribution in [-0.2, 0) is 9.05 Å². The maximum atomic E-state index is 12.2. The van der Waals surface area contributed by atoms with Gasteiger partial charge in [-0.1, -0.05) is 11.6 Å². The summed E-state index contributed by atoms with van der Waals surface area (Å²) in [6.07, 6.45) is 2.97. The molecule has 19 heavy (non-hydrogen) atoms. The van der Waals surface area contributed by atoms with Gasteiger partial charge in [-0.2, -0.15) is 0 Å². The second-order valence-corrected chi connectivity index (χ2v) is 7.09. The van der Waals surface area contributed by atoms with Crippen molar-refractivity contribution in [2.24, 2.45) is 0 Å². The lowest BCUT2D eigenvalue weighted by Crippen LogP contribution is -2.35. The highest BCUT2D eigenvalue weighted by Gasteiger charge is 2.19. The molecule has 1 amide bonds. The SMILES string of the molecule is CC1=CCCN(C(=O)c2ccc(S(=O)(=O)Cl)cc2)C1. The summed E-state index contributed by atoms with van der Waals surface area (Å²) in [6, 6.07) is 5.68. The number of carbonyl (C=O) groups is 1. The highest BCUT2D eigenvalue weighted by atomic mass is 35.7. The molecule has 0 aromatic heterocycles. The Labute approximate surface area is 117 Å². The van der Waals surface area contributed by atoms with Crippen LogP contribution in [0.25, 0.3) is 0 Å². The Kier molecular flexibility index (Phi) is 3.96. The summed E-state index contributed by atoms with van der Waals surface area (Å²) in [4.78, 5) is 14.0. The summed E-state index contributed by atoms with van der Waals surface area (Å²) in [5, 5.41) is 0. The van der Waals surface area contributed by atoms with Crippen LogP contribution in [0.1, 0.15) is 23.7 Å². The fourth-order valence-electron chi connectivity index (χ4n) is 2.03. The number of rotatable bonds is 2. The summed E-state index contributed by atoms with van der Waals surface area (Å²) in [6.45, 7) is 3.29. The molecule has 1 aliphatic rings. The van der Waals surface area contributed by atoms with Crippen LogP contribution >= 0.6 is 10.7 Å². The van der Waals surface area contributed by atoms with Gasteiger partial charge < -0.3 is 4.90 Å². The van der Waals surface area contributed by atoms with Gasteiger partial charge in [0.05, 0.1) is 4.90 Å². The first-order chi connectivity index (χ1) is 8.88. The number of halogens is 1. The van der Waals surface area contributed by atoms with Gasteiger partial charge in [0.2, 0.25) is 0 Å². The van der Waals surface area contributed by atoms with Crippen LogP contribution in [0.3, 0.4) is 0 Å². The average molecular weight is 300 g/mol. The average Bonchev–Trinajstić information content (AvgIpc) is 2.37. The molecule has 0 fully saturated rings. The third kappa shape index (κ3) is 3.36. The van der Waals surface area contributed by atoms with Crippen molar-refractivity contribution in [2.75, 3.05) is 13.1 Å². The number of hydrogen-bond acceptors (Lipinski definition) is 3. The Balaban J connectivity index is 2.19. The van der Waals surface area contributed by atoms with E-state index in [9.17, 15) is 13.2 Å². The van der Waals surface area contributed by atoms with Gasteiger partial charge in [0.1, 0.15) is 0 Å². The van der Waals surface area contributed by atoms with Gasteiger partial charge in [0.25, 0.3) is 15.0 Å². The van der Waals surface area contributed by atoms with Crippen molar-refractivity contribution < 1.29 is 13.2 Å². The standard InChI is InChI=1S/C13H14ClNO3S/c1-10-3-2-8-15(9-10)13(16)11-4-6-12(7-5-11)19(14,17)18/h3-7H,2,8-9H2,1H3. The minimum absolute atomic E-state index is 0.000405. The molecule has 0 aliphatic carbocycles. The molecule has 0 atom stereocenters. The lowest BCUT2D eigenvalue weighted by Gasteiger charge is -2.26. The molecule has 0 spiro atoms. The third-order valence-electron chi connectivity index (χ3n) is 3.00. The third-order valence-corrected chi connectivity index (χ3v) is 4.37. The number of amides is 1. The van der Waals surface area contributed by atoms with Crippen LogP contribution in [0, 0.1) is 0 Å². The summed E-state index contributed by atoms with van der Waals surface area (Å²) in [5.74, 6) is -0.0917. The second-order valence-electron chi connectivity index (χ2n) is 4.53. The Morgan fingerprint density at radius 1 is 1.26 bits per heavy atom.